The summed E-state index contributed by atoms with van der Waals surface area (Å²) in [4.78, 5) is 43.6. The number of halogens is 1. The van der Waals surface area contributed by atoms with Crippen LogP contribution < -0.4 is 10.2 Å². The number of ether oxygens (including phenoxy) is 1. The predicted molar refractivity (Wildman–Crippen MR) is 130 cm³/mol. The first-order valence-corrected chi connectivity index (χ1v) is 11.5. The van der Waals surface area contributed by atoms with Crippen LogP contribution in [0.25, 0.3) is 0 Å². The van der Waals surface area contributed by atoms with E-state index in [9.17, 15) is 18.8 Å². The molecule has 0 saturated carbocycles. The van der Waals surface area contributed by atoms with Crippen LogP contribution in [-0.2, 0) is 11.3 Å². The minimum Gasteiger partial charge on any atom is -0.456 e. The SMILES string of the molecule is Cc1ccc(Nc2nc(COC(=O)c3ccc4c(c3)C(=O)N(c3ccc(F)cc3)C4=O)cs2)cc1. The highest BCUT2D eigenvalue weighted by atomic mass is 32.1. The van der Waals surface area contributed by atoms with Gasteiger partial charge in [-0.1, -0.05) is 17.7 Å². The number of carbonyl (C=O) groups is 3. The molecular formula is C26H18FN3O4S. The molecule has 2 heterocycles. The number of hydrogen-bond acceptors (Lipinski definition) is 7. The number of esters is 1. The van der Waals surface area contributed by atoms with Gasteiger partial charge in [-0.25, -0.2) is 19.1 Å². The smallest absolute Gasteiger partial charge is 0.338 e. The molecule has 1 aliphatic heterocycles. The molecule has 1 N–H and O–H groups in total. The molecule has 1 aliphatic rings. The summed E-state index contributed by atoms with van der Waals surface area (Å²) in [5.41, 5.74) is 3.28. The Morgan fingerprint density at radius 2 is 1.71 bits per heavy atom. The van der Waals surface area contributed by atoms with Gasteiger partial charge in [-0.15, -0.1) is 11.3 Å². The van der Waals surface area contributed by atoms with Gasteiger partial charge in [0.1, 0.15) is 12.4 Å². The number of anilines is 3. The van der Waals surface area contributed by atoms with Gasteiger partial charge in [0.2, 0.25) is 0 Å². The van der Waals surface area contributed by atoms with Crippen LogP contribution in [0.3, 0.4) is 0 Å². The van der Waals surface area contributed by atoms with Crippen LogP contribution in [0.2, 0.25) is 0 Å². The first kappa shape index (κ1) is 22.4. The molecule has 4 aromatic rings. The minimum absolute atomic E-state index is 0.0451. The zero-order valence-electron chi connectivity index (χ0n) is 18.4. The third-order valence-corrected chi connectivity index (χ3v) is 6.22. The quantitative estimate of drug-likeness (QED) is 0.286. The van der Waals surface area contributed by atoms with Crippen molar-refractivity contribution in [1.82, 2.24) is 4.98 Å². The lowest BCUT2D eigenvalue weighted by Crippen LogP contribution is -2.29. The maximum absolute atomic E-state index is 13.2. The van der Waals surface area contributed by atoms with E-state index in [1.807, 2.05) is 31.2 Å². The van der Waals surface area contributed by atoms with Crippen molar-refractivity contribution in [2.24, 2.45) is 0 Å². The van der Waals surface area contributed by atoms with Gasteiger partial charge in [-0.3, -0.25) is 9.59 Å². The first-order chi connectivity index (χ1) is 16.9. The van der Waals surface area contributed by atoms with E-state index in [0.717, 1.165) is 16.2 Å². The van der Waals surface area contributed by atoms with Gasteiger partial charge in [-0.05, 0) is 61.5 Å². The second kappa shape index (κ2) is 9.11. The highest BCUT2D eigenvalue weighted by Gasteiger charge is 2.37. The molecule has 9 heteroatoms. The van der Waals surface area contributed by atoms with Gasteiger partial charge in [0.25, 0.3) is 11.8 Å². The van der Waals surface area contributed by atoms with Crippen molar-refractivity contribution in [1.29, 1.82) is 0 Å². The lowest BCUT2D eigenvalue weighted by atomic mass is 10.1. The molecule has 0 bridgehead atoms. The van der Waals surface area contributed by atoms with Crippen molar-refractivity contribution in [3.05, 3.63) is 106 Å². The van der Waals surface area contributed by atoms with Crippen LogP contribution in [-0.4, -0.2) is 22.8 Å². The van der Waals surface area contributed by atoms with Crippen LogP contribution in [0.4, 0.5) is 20.9 Å². The molecule has 174 valence electrons. The zero-order valence-corrected chi connectivity index (χ0v) is 19.3. The molecule has 7 nitrogen and oxygen atoms in total. The standard InChI is InChI=1S/C26H18FN3O4S/c1-15-2-7-18(8-3-15)28-26-29-19(14-35-26)13-34-25(33)16-4-11-21-22(12-16)24(32)30(23(21)31)20-9-5-17(27)6-10-20/h2-12,14H,13H2,1H3,(H,28,29). The van der Waals surface area contributed by atoms with Crippen molar-refractivity contribution in [2.75, 3.05) is 10.2 Å². The maximum atomic E-state index is 13.2. The summed E-state index contributed by atoms with van der Waals surface area (Å²) in [5, 5.41) is 5.66. The second-order valence-corrected chi connectivity index (χ2v) is 8.75. The number of fused-ring (bicyclic) bond motifs is 1. The Balaban J connectivity index is 1.25. The van der Waals surface area contributed by atoms with Gasteiger partial charge < -0.3 is 10.1 Å². The van der Waals surface area contributed by atoms with E-state index in [1.165, 1.54) is 53.8 Å². The number of benzene rings is 3. The number of nitrogens with zero attached hydrogens (tertiary/aromatic N) is 2. The molecule has 0 spiro atoms. The average molecular weight is 488 g/mol. The highest BCUT2D eigenvalue weighted by molar-refractivity contribution is 7.13. The number of aromatic nitrogens is 1. The van der Waals surface area contributed by atoms with Gasteiger partial charge >= 0.3 is 5.97 Å². The number of carbonyl (C=O) groups excluding carboxylic acids is 3. The Morgan fingerprint density at radius 3 is 2.46 bits per heavy atom. The van der Waals surface area contributed by atoms with E-state index in [2.05, 4.69) is 10.3 Å². The summed E-state index contributed by atoms with van der Waals surface area (Å²) >= 11 is 1.39. The molecule has 5 rings (SSSR count). The number of hydrogen-bond donors (Lipinski definition) is 1. The van der Waals surface area contributed by atoms with Gasteiger partial charge in [0.05, 0.1) is 28.1 Å². The number of nitrogens with one attached hydrogen (secondary N) is 1. The summed E-state index contributed by atoms with van der Waals surface area (Å²) in [6.07, 6.45) is 0. The maximum Gasteiger partial charge on any atom is 0.338 e. The van der Waals surface area contributed by atoms with Crippen molar-refractivity contribution in [2.45, 2.75) is 13.5 Å². The molecular weight excluding hydrogens is 469 g/mol. The number of imide groups is 1. The van der Waals surface area contributed by atoms with E-state index < -0.39 is 23.6 Å². The van der Waals surface area contributed by atoms with E-state index >= 15 is 0 Å². The van der Waals surface area contributed by atoms with Crippen LogP contribution >= 0.6 is 11.3 Å². The number of thiazole rings is 1. The highest BCUT2D eigenvalue weighted by Crippen LogP contribution is 2.29. The molecule has 35 heavy (non-hydrogen) atoms. The average Bonchev–Trinajstić information content (AvgIpc) is 3.41. The first-order valence-electron chi connectivity index (χ1n) is 10.6. The summed E-state index contributed by atoms with van der Waals surface area (Å²) in [7, 11) is 0. The molecule has 0 saturated heterocycles. The second-order valence-electron chi connectivity index (χ2n) is 7.89. The molecule has 1 aromatic heterocycles. The van der Waals surface area contributed by atoms with Crippen molar-refractivity contribution < 1.29 is 23.5 Å². The van der Waals surface area contributed by atoms with Crippen LogP contribution in [0, 0.1) is 12.7 Å². The fourth-order valence-corrected chi connectivity index (χ4v) is 4.32. The van der Waals surface area contributed by atoms with Gasteiger partial charge in [-0.2, -0.15) is 0 Å². The molecule has 0 unspecified atom stereocenters. The van der Waals surface area contributed by atoms with E-state index in [0.29, 0.717) is 10.8 Å². The molecule has 3 aromatic carbocycles. The number of rotatable bonds is 6. The Bertz CT molecular complexity index is 1450. The topological polar surface area (TPSA) is 88.6 Å². The molecule has 0 radical (unpaired) electrons. The minimum atomic E-state index is -0.644. The monoisotopic (exact) mass is 487 g/mol. The normalized spacial score (nSPS) is 12.6. The predicted octanol–water partition coefficient (Wildman–Crippen LogP) is 5.49. The van der Waals surface area contributed by atoms with Crippen molar-refractivity contribution >= 4 is 45.6 Å². The van der Waals surface area contributed by atoms with Crippen LogP contribution in [0.15, 0.2) is 72.1 Å². The molecule has 0 aliphatic carbocycles. The Labute approximate surface area is 203 Å². The molecule has 0 fully saturated rings. The Hall–Kier alpha value is -4.37. The lowest BCUT2D eigenvalue weighted by Gasteiger charge is -2.13. The van der Waals surface area contributed by atoms with Gasteiger partial charge in [0, 0.05) is 11.1 Å². The molecule has 0 atom stereocenters. The summed E-state index contributed by atoms with van der Waals surface area (Å²) < 4.78 is 18.6. The molecule has 2 amide bonds. The lowest BCUT2D eigenvalue weighted by molar-refractivity contribution is 0.0468. The number of aryl methyl sites for hydroxylation is 1. The summed E-state index contributed by atoms with van der Waals surface area (Å²) in [6.45, 7) is 1.96. The third kappa shape index (κ3) is 4.53. The fraction of sp³-hybridized carbons (Fsp3) is 0.0769. The van der Waals surface area contributed by atoms with E-state index in [1.54, 1.807) is 5.38 Å². The van der Waals surface area contributed by atoms with Crippen molar-refractivity contribution in [3.63, 3.8) is 0 Å². The van der Waals surface area contributed by atoms with Crippen LogP contribution in [0.5, 0.6) is 0 Å². The van der Waals surface area contributed by atoms with Crippen molar-refractivity contribution in [3.8, 4) is 0 Å². The van der Waals surface area contributed by atoms with E-state index in [-0.39, 0.29) is 29.0 Å². The number of amides is 2. The largest absolute Gasteiger partial charge is 0.456 e. The summed E-state index contributed by atoms with van der Waals surface area (Å²) in [5.74, 6) is -2.24. The Kier molecular flexibility index (Phi) is 5.84. The third-order valence-electron chi connectivity index (χ3n) is 5.41. The van der Waals surface area contributed by atoms with Crippen LogP contribution in [0.1, 0.15) is 42.3 Å². The van der Waals surface area contributed by atoms with Gasteiger partial charge in [0.15, 0.2) is 5.13 Å². The Morgan fingerprint density at radius 1 is 1.00 bits per heavy atom. The summed E-state index contributed by atoms with van der Waals surface area (Å²) in [6, 6.07) is 17.1. The fourth-order valence-electron chi connectivity index (χ4n) is 3.61. The zero-order chi connectivity index (χ0) is 24.5. The van der Waals surface area contributed by atoms with E-state index in [4.69, 9.17) is 4.74 Å².